The number of thioether (sulfide) groups is 1. The molecule has 2 aromatic rings. The summed E-state index contributed by atoms with van der Waals surface area (Å²) in [4.78, 5) is 14.4. The second-order valence-corrected chi connectivity index (χ2v) is 7.36. The molecule has 2 aromatic carbocycles. The topological polar surface area (TPSA) is 32.3 Å². The largest absolute Gasteiger partial charge is 0.323 e. The van der Waals surface area contributed by atoms with Gasteiger partial charge in [0.1, 0.15) is 11.2 Å². The Bertz CT molecular complexity index is 700. The summed E-state index contributed by atoms with van der Waals surface area (Å²) in [6.45, 7) is 4.97. The predicted molar refractivity (Wildman–Crippen MR) is 97.9 cm³/mol. The van der Waals surface area contributed by atoms with Crippen molar-refractivity contribution in [1.82, 2.24) is 4.90 Å². The number of anilines is 1. The number of carbonyl (C=O) groups excluding carboxylic acids is 1. The summed E-state index contributed by atoms with van der Waals surface area (Å²) in [6.07, 6.45) is 0. The molecule has 1 aliphatic heterocycles. The van der Waals surface area contributed by atoms with Crippen LogP contribution in [0.3, 0.4) is 0 Å². The van der Waals surface area contributed by atoms with Crippen molar-refractivity contribution in [2.24, 2.45) is 0 Å². The lowest BCUT2D eigenvalue weighted by molar-refractivity contribution is 0.214. The first-order valence-electron chi connectivity index (χ1n) is 8.09. The number of nitrogens with zero attached hydrogens (tertiary/aromatic N) is 1. The van der Waals surface area contributed by atoms with Crippen molar-refractivity contribution in [3.05, 3.63) is 65.5 Å². The summed E-state index contributed by atoms with van der Waals surface area (Å²) in [5.41, 5.74) is 2.98. The number of halogens is 1. The molecule has 0 aliphatic carbocycles. The van der Waals surface area contributed by atoms with Crippen molar-refractivity contribution >= 4 is 23.5 Å². The van der Waals surface area contributed by atoms with E-state index in [0.29, 0.717) is 12.5 Å². The highest BCUT2D eigenvalue weighted by Gasteiger charge is 2.30. The lowest BCUT2D eigenvalue weighted by Crippen LogP contribution is -2.34. The Kier molecular flexibility index (Phi) is 5.09. The Morgan fingerprint density at radius 3 is 2.46 bits per heavy atom. The number of carbonyl (C=O) groups is 1. The Morgan fingerprint density at radius 2 is 1.83 bits per heavy atom. The van der Waals surface area contributed by atoms with Crippen LogP contribution in [0, 0.1) is 5.82 Å². The van der Waals surface area contributed by atoms with Gasteiger partial charge in [-0.25, -0.2) is 9.18 Å². The second kappa shape index (κ2) is 7.26. The van der Waals surface area contributed by atoms with Gasteiger partial charge in [-0.05, 0) is 41.3 Å². The number of benzene rings is 2. The lowest BCUT2D eigenvalue weighted by atomic mass is 10.0. The van der Waals surface area contributed by atoms with E-state index in [1.54, 1.807) is 28.8 Å². The Balaban J connectivity index is 1.70. The van der Waals surface area contributed by atoms with Crippen LogP contribution in [0.5, 0.6) is 0 Å². The third-order valence-corrected chi connectivity index (χ3v) is 5.40. The zero-order chi connectivity index (χ0) is 17.1. The number of hydrogen-bond donors (Lipinski definition) is 1. The summed E-state index contributed by atoms with van der Waals surface area (Å²) in [6, 6.07) is 14.2. The van der Waals surface area contributed by atoms with E-state index in [9.17, 15) is 9.18 Å². The summed E-state index contributed by atoms with van der Waals surface area (Å²) in [5.74, 6) is 1.08. The van der Waals surface area contributed by atoms with Crippen LogP contribution in [-0.2, 0) is 0 Å². The first kappa shape index (κ1) is 16.8. The summed E-state index contributed by atoms with van der Waals surface area (Å²) < 4.78 is 13.1. The molecule has 1 saturated heterocycles. The van der Waals surface area contributed by atoms with Crippen LogP contribution in [0.1, 0.15) is 36.3 Å². The molecule has 0 radical (unpaired) electrons. The number of rotatable bonds is 3. The minimum Gasteiger partial charge on any atom is -0.308 e. The first-order chi connectivity index (χ1) is 11.5. The van der Waals surface area contributed by atoms with Gasteiger partial charge in [0.05, 0.1) is 0 Å². The van der Waals surface area contributed by atoms with Crippen LogP contribution < -0.4 is 5.32 Å². The van der Waals surface area contributed by atoms with E-state index in [-0.39, 0.29) is 17.2 Å². The SMILES string of the molecule is CC(C)c1ccc(NC(=O)N2CCS[C@H]2c2ccc(F)cc2)cc1. The molecule has 5 heteroatoms. The molecule has 24 heavy (non-hydrogen) atoms. The average molecular weight is 344 g/mol. The molecule has 0 aromatic heterocycles. The molecule has 0 spiro atoms. The quantitative estimate of drug-likeness (QED) is 0.827. The molecule has 1 fully saturated rings. The Morgan fingerprint density at radius 1 is 1.17 bits per heavy atom. The van der Waals surface area contributed by atoms with Crippen molar-refractivity contribution in [2.45, 2.75) is 25.1 Å². The molecular weight excluding hydrogens is 323 g/mol. The van der Waals surface area contributed by atoms with Gasteiger partial charge in [0, 0.05) is 18.0 Å². The summed E-state index contributed by atoms with van der Waals surface area (Å²) >= 11 is 1.70. The number of nitrogens with one attached hydrogen (secondary N) is 1. The van der Waals surface area contributed by atoms with Gasteiger partial charge in [0.2, 0.25) is 0 Å². The maximum absolute atomic E-state index is 13.1. The van der Waals surface area contributed by atoms with Crippen LogP contribution in [0.25, 0.3) is 0 Å². The second-order valence-electron chi connectivity index (χ2n) is 6.17. The monoisotopic (exact) mass is 344 g/mol. The van der Waals surface area contributed by atoms with Crippen molar-refractivity contribution in [3.8, 4) is 0 Å². The smallest absolute Gasteiger partial charge is 0.308 e. The van der Waals surface area contributed by atoms with E-state index >= 15 is 0 Å². The predicted octanol–water partition coefficient (Wildman–Crippen LogP) is 5.23. The summed E-state index contributed by atoms with van der Waals surface area (Å²) in [7, 11) is 0. The van der Waals surface area contributed by atoms with Crippen LogP contribution in [0.2, 0.25) is 0 Å². The highest BCUT2D eigenvalue weighted by molar-refractivity contribution is 7.99. The zero-order valence-corrected chi connectivity index (χ0v) is 14.6. The van der Waals surface area contributed by atoms with Crippen LogP contribution in [0.15, 0.2) is 48.5 Å². The first-order valence-corrected chi connectivity index (χ1v) is 9.14. The fraction of sp³-hybridized carbons (Fsp3) is 0.316. The molecule has 3 nitrogen and oxygen atoms in total. The van der Waals surface area contributed by atoms with Gasteiger partial charge in [-0.3, -0.25) is 0 Å². The van der Waals surface area contributed by atoms with Crippen molar-refractivity contribution in [1.29, 1.82) is 0 Å². The molecule has 0 bridgehead atoms. The van der Waals surface area contributed by atoms with E-state index in [1.165, 1.54) is 17.7 Å². The van der Waals surface area contributed by atoms with Gasteiger partial charge >= 0.3 is 6.03 Å². The highest BCUT2D eigenvalue weighted by atomic mass is 32.2. The fourth-order valence-corrected chi connectivity index (χ4v) is 3.98. The van der Waals surface area contributed by atoms with Crippen LogP contribution in [-0.4, -0.2) is 23.2 Å². The van der Waals surface area contributed by atoms with E-state index in [1.807, 2.05) is 24.3 Å². The van der Waals surface area contributed by atoms with Gasteiger partial charge < -0.3 is 10.2 Å². The van der Waals surface area contributed by atoms with Crippen LogP contribution >= 0.6 is 11.8 Å². The van der Waals surface area contributed by atoms with E-state index < -0.39 is 0 Å². The maximum atomic E-state index is 13.1. The normalized spacial score (nSPS) is 17.3. The molecule has 1 heterocycles. The molecule has 1 atom stereocenters. The van der Waals surface area contributed by atoms with Crippen molar-refractivity contribution in [3.63, 3.8) is 0 Å². The van der Waals surface area contributed by atoms with Gasteiger partial charge in [-0.2, -0.15) is 0 Å². The third kappa shape index (κ3) is 3.73. The molecule has 126 valence electrons. The molecule has 1 aliphatic rings. The summed E-state index contributed by atoms with van der Waals surface area (Å²) in [5, 5.41) is 2.89. The van der Waals surface area contributed by atoms with Gasteiger partial charge in [-0.1, -0.05) is 38.1 Å². The Labute approximate surface area is 146 Å². The van der Waals surface area contributed by atoms with Gasteiger partial charge in [0.25, 0.3) is 0 Å². The fourth-order valence-electron chi connectivity index (χ4n) is 2.73. The van der Waals surface area contributed by atoms with Gasteiger partial charge in [0.15, 0.2) is 0 Å². The van der Waals surface area contributed by atoms with Crippen LogP contribution in [0.4, 0.5) is 14.9 Å². The number of hydrogen-bond acceptors (Lipinski definition) is 2. The van der Waals surface area contributed by atoms with E-state index in [4.69, 9.17) is 0 Å². The molecule has 3 rings (SSSR count). The molecule has 1 N–H and O–H groups in total. The highest BCUT2D eigenvalue weighted by Crippen LogP contribution is 2.38. The van der Waals surface area contributed by atoms with Crippen molar-refractivity contribution < 1.29 is 9.18 Å². The molecule has 0 saturated carbocycles. The molecule has 0 unspecified atom stereocenters. The van der Waals surface area contributed by atoms with E-state index in [0.717, 1.165) is 17.0 Å². The minimum absolute atomic E-state index is 0.0689. The lowest BCUT2D eigenvalue weighted by Gasteiger charge is -2.24. The average Bonchev–Trinajstić information content (AvgIpc) is 3.06. The maximum Gasteiger partial charge on any atom is 0.323 e. The standard InChI is InChI=1S/C19H21FN2OS/c1-13(2)14-5-9-17(10-6-14)21-19(23)22-11-12-24-18(22)15-3-7-16(20)8-4-15/h3-10,13,18H,11-12H2,1-2H3,(H,21,23)/t18-/m0/s1. The molecule has 2 amide bonds. The minimum atomic E-state index is -0.261. The third-order valence-electron chi connectivity index (χ3n) is 4.14. The molecular formula is C19H21FN2OS. The van der Waals surface area contributed by atoms with Crippen molar-refractivity contribution in [2.75, 3.05) is 17.6 Å². The van der Waals surface area contributed by atoms with Gasteiger partial charge in [-0.15, -0.1) is 11.8 Å². The zero-order valence-electron chi connectivity index (χ0n) is 13.8. The Hall–Kier alpha value is -2.01. The van der Waals surface area contributed by atoms with E-state index in [2.05, 4.69) is 19.2 Å². The number of urea groups is 1. The number of amides is 2.